The third kappa shape index (κ3) is 4.45. The first kappa shape index (κ1) is 22.5. The van der Waals surface area contributed by atoms with E-state index >= 15 is 0 Å². The summed E-state index contributed by atoms with van der Waals surface area (Å²) >= 11 is 10.3. The summed E-state index contributed by atoms with van der Waals surface area (Å²) in [7, 11) is 1.48. The van der Waals surface area contributed by atoms with Gasteiger partial charge in [0, 0.05) is 20.4 Å². The minimum absolute atomic E-state index is 0.0104. The van der Waals surface area contributed by atoms with Gasteiger partial charge in [0.05, 0.1) is 28.7 Å². The number of fused-ring (bicyclic) bond motifs is 1. The van der Waals surface area contributed by atoms with Crippen molar-refractivity contribution in [1.29, 1.82) is 0 Å². The first-order chi connectivity index (χ1) is 14.9. The van der Waals surface area contributed by atoms with E-state index < -0.39 is 0 Å². The third-order valence-corrected chi connectivity index (χ3v) is 8.16. The maximum atomic E-state index is 13.4. The minimum Gasteiger partial charge on any atom is -0.503 e. The van der Waals surface area contributed by atoms with Gasteiger partial charge in [-0.25, -0.2) is 4.98 Å². The molecule has 9 heteroatoms. The van der Waals surface area contributed by atoms with E-state index in [1.807, 2.05) is 12.1 Å². The Morgan fingerprint density at radius 1 is 1.16 bits per heavy atom. The SMILES string of the molecule is COc1cc(C=Nn2c(C3CCCCC3)nc3ccc(Br)cc3c2=O)c(Br)c(Br)c1O. The monoisotopic (exact) mass is 611 g/mol. The smallest absolute Gasteiger partial charge is 0.282 e. The van der Waals surface area contributed by atoms with Crippen LogP contribution >= 0.6 is 47.8 Å². The Morgan fingerprint density at radius 2 is 1.90 bits per heavy atom. The fourth-order valence-corrected chi connectivity index (χ4v) is 5.07. The first-order valence-corrected chi connectivity index (χ1v) is 12.3. The van der Waals surface area contributed by atoms with Crippen molar-refractivity contribution in [2.24, 2.45) is 5.10 Å². The van der Waals surface area contributed by atoms with Gasteiger partial charge in [0.15, 0.2) is 11.5 Å². The van der Waals surface area contributed by atoms with Gasteiger partial charge < -0.3 is 9.84 Å². The number of nitrogens with zero attached hydrogens (tertiary/aromatic N) is 3. The summed E-state index contributed by atoms with van der Waals surface area (Å²) in [6.45, 7) is 0. The zero-order valence-electron chi connectivity index (χ0n) is 16.7. The second kappa shape index (κ2) is 9.42. The summed E-state index contributed by atoms with van der Waals surface area (Å²) < 4.78 is 8.54. The Morgan fingerprint density at radius 3 is 2.61 bits per heavy atom. The van der Waals surface area contributed by atoms with E-state index in [1.165, 1.54) is 18.2 Å². The highest BCUT2D eigenvalue weighted by Gasteiger charge is 2.23. The molecule has 1 fully saturated rings. The molecule has 1 N–H and O–H groups in total. The average molecular weight is 614 g/mol. The molecule has 1 saturated carbocycles. The number of rotatable bonds is 4. The van der Waals surface area contributed by atoms with Crippen LogP contribution in [0.25, 0.3) is 10.9 Å². The first-order valence-electron chi connectivity index (χ1n) is 9.92. The Bertz CT molecular complexity index is 1230. The molecule has 0 unspecified atom stereocenters. The highest BCUT2D eigenvalue weighted by molar-refractivity contribution is 9.13. The molecule has 4 rings (SSSR count). The molecule has 0 saturated heterocycles. The fraction of sp³-hybridized carbons (Fsp3) is 0.318. The van der Waals surface area contributed by atoms with Gasteiger partial charge >= 0.3 is 0 Å². The molecule has 3 aromatic rings. The lowest BCUT2D eigenvalue weighted by Crippen LogP contribution is -2.25. The summed E-state index contributed by atoms with van der Waals surface area (Å²) in [6.07, 6.45) is 7.01. The minimum atomic E-state index is -0.205. The van der Waals surface area contributed by atoms with Crippen LogP contribution in [0.1, 0.15) is 49.4 Å². The Kier molecular flexibility index (Phi) is 6.83. The maximum Gasteiger partial charge on any atom is 0.282 e. The zero-order valence-corrected chi connectivity index (χ0v) is 21.5. The molecule has 1 heterocycles. The zero-order chi connectivity index (χ0) is 22.1. The van der Waals surface area contributed by atoms with Gasteiger partial charge in [0.2, 0.25) is 0 Å². The van der Waals surface area contributed by atoms with Gasteiger partial charge in [0.25, 0.3) is 5.56 Å². The second-order valence-corrected chi connectivity index (χ2v) is 9.97. The molecule has 162 valence electrons. The molecule has 0 aliphatic heterocycles. The molecule has 0 spiro atoms. The standard InChI is InChI=1S/C22H20Br3N3O3/c1-31-17-9-13(18(24)19(25)20(17)29)11-26-28-21(12-5-3-2-4-6-12)27-16-8-7-14(23)10-15(16)22(28)30/h7-12,29H,2-6H2,1H3. The fourth-order valence-electron chi connectivity index (χ4n) is 3.88. The Labute approximate surface area is 204 Å². The predicted octanol–water partition coefficient (Wildman–Crippen LogP) is 6.33. The number of halogens is 3. The van der Waals surface area contributed by atoms with E-state index in [0.29, 0.717) is 37.0 Å². The molecule has 31 heavy (non-hydrogen) atoms. The summed E-state index contributed by atoms with van der Waals surface area (Å²) in [5, 5.41) is 15.2. The Balaban J connectivity index is 1.89. The van der Waals surface area contributed by atoms with Crippen LogP contribution < -0.4 is 10.3 Å². The number of ether oxygens (including phenoxy) is 1. The summed E-state index contributed by atoms with van der Waals surface area (Å²) in [5.41, 5.74) is 1.12. The number of phenols is 1. The van der Waals surface area contributed by atoms with Crippen molar-refractivity contribution < 1.29 is 9.84 Å². The highest BCUT2D eigenvalue weighted by Crippen LogP contribution is 2.41. The van der Waals surface area contributed by atoms with E-state index in [1.54, 1.807) is 18.3 Å². The third-order valence-electron chi connectivity index (χ3n) is 5.51. The van der Waals surface area contributed by atoms with Crippen LogP contribution in [0.3, 0.4) is 0 Å². The van der Waals surface area contributed by atoms with Gasteiger partial charge in [-0.05, 0) is 69.0 Å². The van der Waals surface area contributed by atoms with Crippen LogP contribution in [0.4, 0.5) is 0 Å². The lowest BCUT2D eigenvalue weighted by Gasteiger charge is -2.22. The number of phenolic OH excluding ortho intramolecular Hbond substituents is 1. The molecule has 1 aliphatic carbocycles. The number of aromatic hydroxyl groups is 1. The van der Waals surface area contributed by atoms with Crippen molar-refractivity contribution >= 4 is 64.9 Å². The molecule has 0 atom stereocenters. The maximum absolute atomic E-state index is 13.4. The van der Waals surface area contributed by atoms with Crippen molar-refractivity contribution in [3.8, 4) is 11.5 Å². The number of benzene rings is 2. The van der Waals surface area contributed by atoms with Crippen LogP contribution in [0, 0.1) is 0 Å². The normalized spacial score (nSPS) is 15.1. The molecule has 2 aromatic carbocycles. The predicted molar refractivity (Wildman–Crippen MR) is 133 cm³/mol. The van der Waals surface area contributed by atoms with E-state index in [-0.39, 0.29) is 17.2 Å². The second-order valence-electron chi connectivity index (χ2n) is 7.47. The van der Waals surface area contributed by atoms with Crippen LogP contribution in [-0.4, -0.2) is 28.1 Å². The number of methoxy groups -OCH3 is 1. The van der Waals surface area contributed by atoms with Gasteiger partial charge in [-0.15, -0.1) is 0 Å². The van der Waals surface area contributed by atoms with Gasteiger partial charge in [-0.2, -0.15) is 9.78 Å². The van der Waals surface area contributed by atoms with Gasteiger partial charge in [0.1, 0.15) is 5.82 Å². The Hall–Kier alpha value is -1.71. The molecule has 1 aliphatic rings. The van der Waals surface area contributed by atoms with Gasteiger partial charge in [-0.3, -0.25) is 4.79 Å². The largest absolute Gasteiger partial charge is 0.503 e. The van der Waals surface area contributed by atoms with Crippen molar-refractivity contribution in [3.05, 3.63) is 59.4 Å². The number of aromatic nitrogens is 2. The van der Waals surface area contributed by atoms with E-state index in [9.17, 15) is 9.90 Å². The van der Waals surface area contributed by atoms with E-state index in [0.717, 1.165) is 30.2 Å². The lowest BCUT2D eigenvalue weighted by molar-refractivity contribution is 0.371. The van der Waals surface area contributed by atoms with Crippen molar-refractivity contribution in [2.75, 3.05) is 7.11 Å². The van der Waals surface area contributed by atoms with Crippen LogP contribution in [0.2, 0.25) is 0 Å². The molecule has 0 amide bonds. The summed E-state index contributed by atoms with van der Waals surface area (Å²) in [5.74, 6) is 1.17. The van der Waals surface area contributed by atoms with Crippen molar-refractivity contribution in [3.63, 3.8) is 0 Å². The summed E-state index contributed by atoms with van der Waals surface area (Å²) in [4.78, 5) is 18.2. The molecular formula is C22H20Br3N3O3. The number of hydrogen-bond donors (Lipinski definition) is 1. The van der Waals surface area contributed by atoms with Crippen LogP contribution in [0.15, 0.2) is 47.6 Å². The van der Waals surface area contributed by atoms with Crippen LogP contribution in [0.5, 0.6) is 11.5 Å². The highest BCUT2D eigenvalue weighted by atomic mass is 79.9. The number of hydrogen-bond acceptors (Lipinski definition) is 5. The summed E-state index contributed by atoms with van der Waals surface area (Å²) in [6, 6.07) is 7.19. The molecule has 6 nitrogen and oxygen atoms in total. The quantitative estimate of drug-likeness (QED) is 0.349. The molecule has 0 bridgehead atoms. The lowest BCUT2D eigenvalue weighted by atomic mass is 9.88. The van der Waals surface area contributed by atoms with Crippen LogP contribution in [-0.2, 0) is 0 Å². The van der Waals surface area contributed by atoms with Crippen molar-refractivity contribution in [2.45, 2.75) is 38.0 Å². The molecular weight excluding hydrogens is 594 g/mol. The molecule has 0 radical (unpaired) electrons. The van der Waals surface area contributed by atoms with E-state index in [2.05, 4.69) is 52.9 Å². The topological polar surface area (TPSA) is 76.7 Å². The van der Waals surface area contributed by atoms with E-state index in [4.69, 9.17) is 9.72 Å². The molecule has 1 aromatic heterocycles. The average Bonchev–Trinajstić information content (AvgIpc) is 2.79. The van der Waals surface area contributed by atoms with Gasteiger partial charge in [-0.1, -0.05) is 35.2 Å². The van der Waals surface area contributed by atoms with Crippen molar-refractivity contribution in [1.82, 2.24) is 9.66 Å².